The molecule has 0 unspecified atom stereocenters. The molecule has 1 aliphatic heterocycles. The van der Waals surface area contributed by atoms with Gasteiger partial charge in [-0.2, -0.15) is 0 Å². The summed E-state index contributed by atoms with van der Waals surface area (Å²) in [6.45, 7) is 7.39. The molecular formula is C21H26FN3O. The summed E-state index contributed by atoms with van der Waals surface area (Å²) >= 11 is 0. The monoisotopic (exact) mass is 355 g/mol. The Bertz CT molecular complexity index is 791. The van der Waals surface area contributed by atoms with Crippen LogP contribution in [0.1, 0.15) is 44.0 Å². The minimum Gasteiger partial charge on any atom is -0.355 e. The van der Waals surface area contributed by atoms with Crippen LogP contribution < -0.4 is 5.32 Å². The fourth-order valence-electron chi connectivity index (χ4n) is 3.49. The maximum atomic E-state index is 13.4. The van der Waals surface area contributed by atoms with Crippen molar-refractivity contribution in [3.63, 3.8) is 0 Å². The van der Waals surface area contributed by atoms with Gasteiger partial charge in [-0.15, -0.1) is 0 Å². The van der Waals surface area contributed by atoms with Crippen molar-refractivity contribution in [2.24, 2.45) is 5.92 Å². The molecule has 1 fully saturated rings. The van der Waals surface area contributed by atoms with E-state index in [1.807, 2.05) is 43.9 Å². The molecule has 1 atom stereocenters. The van der Waals surface area contributed by atoms with Crippen LogP contribution in [0.4, 0.5) is 15.8 Å². The van der Waals surface area contributed by atoms with Gasteiger partial charge in [-0.05, 0) is 50.1 Å². The number of halogens is 1. The highest BCUT2D eigenvalue weighted by molar-refractivity contribution is 5.78. The van der Waals surface area contributed by atoms with Crippen molar-refractivity contribution in [2.75, 3.05) is 18.4 Å². The van der Waals surface area contributed by atoms with Gasteiger partial charge in [-0.3, -0.25) is 9.78 Å². The number of aromatic nitrogens is 1. The van der Waals surface area contributed by atoms with Crippen molar-refractivity contribution in [2.45, 2.75) is 39.5 Å². The van der Waals surface area contributed by atoms with Crippen LogP contribution in [0, 0.1) is 18.7 Å². The Balaban J connectivity index is 1.79. The van der Waals surface area contributed by atoms with Crippen LogP contribution >= 0.6 is 0 Å². The first kappa shape index (κ1) is 18.4. The number of carbonyl (C=O) groups is 1. The zero-order chi connectivity index (χ0) is 18.7. The summed E-state index contributed by atoms with van der Waals surface area (Å²) in [7, 11) is 0. The maximum absolute atomic E-state index is 13.4. The molecular weight excluding hydrogens is 329 g/mol. The zero-order valence-corrected chi connectivity index (χ0v) is 15.6. The number of nitrogens with one attached hydrogen (secondary N) is 1. The van der Waals surface area contributed by atoms with Gasteiger partial charge in [-0.1, -0.05) is 19.9 Å². The molecule has 138 valence electrons. The standard InChI is InChI=1S/C21H26FN3O/c1-14(2)21(26)25-9-5-6-16(13-25)20-12-19(10-15(3)23-20)24-18-8-4-7-17(22)11-18/h4,7-8,10-12,14,16H,5-6,9,13H2,1-3H3,(H,23,24)/t16-/m1/s1. The lowest BCUT2D eigenvalue weighted by molar-refractivity contribution is -0.135. The van der Waals surface area contributed by atoms with Gasteiger partial charge in [0.2, 0.25) is 5.91 Å². The number of hydrogen-bond acceptors (Lipinski definition) is 3. The van der Waals surface area contributed by atoms with Crippen molar-refractivity contribution in [1.82, 2.24) is 9.88 Å². The lowest BCUT2D eigenvalue weighted by Gasteiger charge is -2.34. The van der Waals surface area contributed by atoms with Gasteiger partial charge in [-0.25, -0.2) is 4.39 Å². The number of amides is 1. The molecule has 1 amide bonds. The molecule has 1 aromatic heterocycles. The summed E-state index contributed by atoms with van der Waals surface area (Å²) in [5.74, 6) is 0.195. The Morgan fingerprint density at radius 2 is 2.08 bits per heavy atom. The van der Waals surface area contributed by atoms with Gasteiger partial charge in [0.25, 0.3) is 0 Å². The van der Waals surface area contributed by atoms with Crippen LogP contribution in [0.15, 0.2) is 36.4 Å². The second-order valence-electron chi connectivity index (χ2n) is 7.34. The van der Waals surface area contributed by atoms with Gasteiger partial charge in [0.15, 0.2) is 0 Å². The number of rotatable bonds is 4. The van der Waals surface area contributed by atoms with Gasteiger partial charge < -0.3 is 10.2 Å². The van der Waals surface area contributed by atoms with Crippen LogP contribution in [0.2, 0.25) is 0 Å². The Morgan fingerprint density at radius 1 is 1.27 bits per heavy atom. The second kappa shape index (κ2) is 7.85. The number of hydrogen-bond donors (Lipinski definition) is 1. The minimum atomic E-state index is -0.267. The van der Waals surface area contributed by atoms with E-state index in [-0.39, 0.29) is 23.6 Å². The molecule has 1 aromatic carbocycles. The fraction of sp³-hybridized carbons (Fsp3) is 0.429. The number of likely N-dealkylation sites (tertiary alicyclic amines) is 1. The third-order valence-corrected chi connectivity index (χ3v) is 4.73. The van der Waals surface area contributed by atoms with E-state index in [2.05, 4.69) is 5.32 Å². The molecule has 3 rings (SSSR count). The topological polar surface area (TPSA) is 45.2 Å². The van der Waals surface area contributed by atoms with E-state index in [0.717, 1.165) is 36.5 Å². The van der Waals surface area contributed by atoms with E-state index in [1.54, 1.807) is 6.07 Å². The smallest absolute Gasteiger partial charge is 0.225 e. The Kier molecular flexibility index (Phi) is 5.55. The molecule has 1 aliphatic rings. The summed E-state index contributed by atoms with van der Waals surface area (Å²) in [5, 5.41) is 3.26. The summed E-state index contributed by atoms with van der Waals surface area (Å²) in [5.41, 5.74) is 3.51. The van der Waals surface area contributed by atoms with Crippen LogP contribution in [0.3, 0.4) is 0 Å². The molecule has 0 saturated carbocycles. The van der Waals surface area contributed by atoms with Crippen molar-refractivity contribution in [3.8, 4) is 0 Å². The lowest BCUT2D eigenvalue weighted by atomic mass is 9.93. The number of piperidine rings is 1. The maximum Gasteiger partial charge on any atom is 0.225 e. The number of anilines is 2. The highest BCUT2D eigenvalue weighted by Crippen LogP contribution is 2.29. The third kappa shape index (κ3) is 4.40. The molecule has 2 heterocycles. The van der Waals surface area contributed by atoms with E-state index in [9.17, 15) is 9.18 Å². The van der Waals surface area contributed by atoms with Crippen LogP contribution in [-0.4, -0.2) is 28.9 Å². The fourth-order valence-corrected chi connectivity index (χ4v) is 3.49. The molecule has 5 heteroatoms. The van der Waals surface area contributed by atoms with Gasteiger partial charge >= 0.3 is 0 Å². The molecule has 4 nitrogen and oxygen atoms in total. The van der Waals surface area contributed by atoms with Crippen LogP contribution in [0.5, 0.6) is 0 Å². The van der Waals surface area contributed by atoms with E-state index < -0.39 is 0 Å². The highest BCUT2D eigenvalue weighted by atomic mass is 19.1. The zero-order valence-electron chi connectivity index (χ0n) is 15.6. The number of carbonyl (C=O) groups excluding carboxylic acids is 1. The van der Waals surface area contributed by atoms with Crippen molar-refractivity contribution in [1.29, 1.82) is 0 Å². The molecule has 0 aliphatic carbocycles. The highest BCUT2D eigenvalue weighted by Gasteiger charge is 2.27. The normalized spacial score (nSPS) is 17.4. The minimum absolute atomic E-state index is 0.0180. The van der Waals surface area contributed by atoms with E-state index in [4.69, 9.17) is 4.98 Å². The molecule has 26 heavy (non-hydrogen) atoms. The van der Waals surface area contributed by atoms with E-state index in [1.165, 1.54) is 12.1 Å². The summed E-state index contributed by atoms with van der Waals surface area (Å²) in [6, 6.07) is 10.4. The first-order valence-electron chi connectivity index (χ1n) is 9.22. The first-order valence-corrected chi connectivity index (χ1v) is 9.22. The van der Waals surface area contributed by atoms with Crippen molar-refractivity contribution < 1.29 is 9.18 Å². The Morgan fingerprint density at radius 3 is 2.81 bits per heavy atom. The average molecular weight is 355 g/mol. The Hall–Kier alpha value is -2.43. The molecule has 2 aromatic rings. The quantitative estimate of drug-likeness (QED) is 0.869. The SMILES string of the molecule is Cc1cc(Nc2cccc(F)c2)cc([C@@H]2CCCN(C(=O)C(C)C)C2)n1. The molecule has 0 spiro atoms. The van der Waals surface area contributed by atoms with Crippen LogP contribution in [-0.2, 0) is 4.79 Å². The average Bonchev–Trinajstić information content (AvgIpc) is 2.60. The number of nitrogens with zero attached hydrogens (tertiary/aromatic N) is 2. The molecule has 0 bridgehead atoms. The lowest BCUT2D eigenvalue weighted by Crippen LogP contribution is -2.41. The largest absolute Gasteiger partial charge is 0.355 e. The van der Waals surface area contributed by atoms with Gasteiger partial charge in [0.1, 0.15) is 5.82 Å². The molecule has 0 radical (unpaired) electrons. The van der Waals surface area contributed by atoms with Crippen LogP contribution in [0.25, 0.3) is 0 Å². The third-order valence-electron chi connectivity index (χ3n) is 4.73. The van der Waals surface area contributed by atoms with Crippen molar-refractivity contribution >= 4 is 17.3 Å². The summed E-state index contributed by atoms with van der Waals surface area (Å²) in [6.07, 6.45) is 2.02. The summed E-state index contributed by atoms with van der Waals surface area (Å²) < 4.78 is 13.4. The number of benzene rings is 1. The second-order valence-corrected chi connectivity index (χ2v) is 7.34. The van der Waals surface area contributed by atoms with Gasteiger partial charge in [0, 0.05) is 47.7 Å². The Labute approximate surface area is 154 Å². The number of aryl methyl sites for hydroxylation is 1. The molecule has 1 N–H and O–H groups in total. The van der Waals surface area contributed by atoms with Gasteiger partial charge in [0.05, 0.1) is 0 Å². The first-order chi connectivity index (χ1) is 12.4. The van der Waals surface area contributed by atoms with Crippen molar-refractivity contribution in [3.05, 3.63) is 53.6 Å². The predicted octanol–water partition coefficient (Wildman–Crippen LogP) is 4.63. The summed E-state index contributed by atoms with van der Waals surface area (Å²) in [4.78, 5) is 19.0. The predicted molar refractivity (Wildman–Crippen MR) is 102 cm³/mol. The van der Waals surface area contributed by atoms with E-state index in [0.29, 0.717) is 12.2 Å². The molecule has 1 saturated heterocycles. The van der Waals surface area contributed by atoms with E-state index >= 15 is 0 Å². The number of pyridine rings is 1.